The monoisotopic (exact) mass is 364 g/mol. The van der Waals surface area contributed by atoms with Gasteiger partial charge in [-0.3, -0.25) is 0 Å². The molecule has 5 heteroatoms. The Kier molecular flexibility index (Phi) is 17.8. The number of esters is 1. The third kappa shape index (κ3) is 15.2. The van der Waals surface area contributed by atoms with Gasteiger partial charge in [-0.25, -0.2) is 4.79 Å². The van der Waals surface area contributed by atoms with Gasteiger partial charge in [-0.2, -0.15) is 0 Å². The van der Waals surface area contributed by atoms with Crippen LogP contribution in [0.25, 0.3) is 0 Å². The van der Waals surface area contributed by atoms with Crippen LogP contribution < -0.4 is 0 Å². The van der Waals surface area contributed by atoms with E-state index in [0.29, 0.717) is 0 Å². The lowest BCUT2D eigenvalue weighted by Gasteiger charge is -2.13. The fourth-order valence-electron chi connectivity index (χ4n) is 1.91. The molecule has 0 bridgehead atoms. The van der Waals surface area contributed by atoms with E-state index in [-0.39, 0.29) is 12.1 Å². The Labute approximate surface area is 148 Å². The summed E-state index contributed by atoms with van der Waals surface area (Å²) in [5.74, 6) is 1.75. The molecule has 0 amide bonds. The third-order valence-corrected chi connectivity index (χ3v) is 7.71. The van der Waals surface area contributed by atoms with E-state index in [1.54, 1.807) is 10.8 Å². The summed E-state index contributed by atoms with van der Waals surface area (Å²) in [7, 11) is 5.53. The van der Waals surface area contributed by atoms with Gasteiger partial charge < -0.3 is 4.74 Å². The van der Waals surface area contributed by atoms with E-state index in [1.807, 2.05) is 27.5 Å². The van der Waals surface area contributed by atoms with Gasteiger partial charge in [-0.15, -0.1) is 0 Å². The van der Waals surface area contributed by atoms with Crippen LogP contribution in [0.3, 0.4) is 0 Å². The molecule has 22 heavy (non-hydrogen) atoms. The van der Waals surface area contributed by atoms with E-state index in [4.69, 9.17) is 4.74 Å². The van der Waals surface area contributed by atoms with Crippen molar-refractivity contribution in [3.63, 3.8) is 0 Å². The van der Waals surface area contributed by atoms with Gasteiger partial charge in [-0.05, 0) is 22.7 Å². The highest BCUT2D eigenvalue weighted by Crippen LogP contribution is 2.36. The minimum atomic E-state index is -0.316. The lowest BCUT2D eigenvalue weighted by Crippen LogP contribution is -2.17. The Balaban J connectivity index is 3.28. The molecule has 1 unspecified atom stereocenters. The van der Waals surface area contributed by atoms with E-state index >= 15 is 0 Å². The van der Waals surface area contributed by atoms with E-state index < -0.39 is 0 Å². The fraction of sp³-hybridized carbons (Fsp3) is 0.824. The summed E-state index contributed by atoms with van der Waals surface area (Å²) in [4.78, 5) is 11.1. The molecule has 0 aliphatic rings. The smallest absolute Gasteiger partial charge is 0.330 e. The molecule has 0 fully saturated rings. The zero-order valence-corrected chi connectivity index (χ0v) is 16.6. The first-order valence-electron chi connectivity index (χ1n) is 8.48. The summed E-state index contributed by atoms with van der Waals surface area (Å²) in [6, 6.07) is 0. The molecule has 0 saturated carbocycles. The van der Waals surface area contributed by atoms with Gasteiger partial charge in [0.1, 0.15) is 6.10 Å². The van der Waals surface area contributed by atoms with Crippen LogP contribution in [-0.4, -0.2) is 23.6 Å². The Morgan fingerprint density at radius 1 is 1.05 bits per heavy atom. The van der Waals surface area contributed by atoms with Crippen LogP contribution in [0, 0.1) is 0 Å². The molecule has 0 heterocycles. The van der Waals surface area contributed by atoms with Gasteiger partial charge in [0.05, 0.1) is 0 Å². The standard InChI is InChI=1S/C17H32O2S3/c1-4-7-8-9-10-11-12-13-14-20-22-21-15-16(5-2)19-17(18)6-3/h6,16H,3-5,7-15H2,1-2H3. The van der Waals surface area contributed by atoms with Crippen LogP contribution in [-0.2, 0) is 9.53 Å². The van der Waals surface area contributed by atoms with E-state index in [2.05, 4.69) is 13.5 Å². The lowest BCUT2D eigenvalue weighted by atomic mass is 10.1. The first kappa shape index (κ1) is 22.3. The normalized spacial score (nSPS) is 12.1. The summed E-state index contributed by atoms with van der Waals surface area (Å²) in [6.07, 6.45) is 13.1. The largest absolute Gasteiger partial charge is 0.458 e. The number of hydrogen-bond acceptors (Lipinski definition) is 5. The zero-order valence-electron chi connectivity index (χ0n) is 14.2. The predicted molar refractivity (Wildman–Crippen MR) is 105 cm³/mol. The van der Waals surface area contributed by atoms with Crippen LogP contribution in [0.15, 0.2) is 12.7 Å². The maximum atomic E-state index is 11.1. The van der Waals surface area contributed by atoms with Gasteiger partial charge in [-0.1, -0.05) is 87.0 Å². The quantitative estimate of drug-likeness (QED) is 0.132. The molecule has 0 spiro atoms. The molecule has 0 saturated heterocycles. The van der Waals surface area contributed by atoms with Crippen molar-refractivity contribution in [3.05, 3.63) is 12.7 Å². The molecule has 0 radical (unpaired) electrons. The Bertz CT molecular complexity index is 273. The van der Waals surface area contributed by atoms with Crippen LogP contribution in [0.2, 0.25) is 0 Å². The topological polar surface area (TPSA) is 26.3 Å². The van der Waals surface area contributed by atoms with Crippen LogP contribution in [0.1, 0.15) is 71.6 Å². The fourth-order valence-corrected chi connectivity index (χ4v) is 5.99. The van der Waals surface area contributed by atoms with Gasteiger partial charge in [0.15, 0.2) is 0 Å². The lowest BCUT2D eigenvalue weighted by molar-refractivity contribution is -0.141. The maximum Gasteiger partial charge on any atom is 0.330 e. The van der Waals surface area contributed by atoms with Gasteiger partial charge in [0.25, 0.3) is 0 Å². The van der Waals surface area contributed by atoms with Crippen molar-refractivity contribution in [2.45, 2.75) is 77.7 Å². The third-order valence-electron chi connectivity index (χ3n) is 3.34. The number of rotatable bonds is 16. The van der Waals surface area contributed by atoms with Crippen LogP contribution >= 0.6 is 31.4 Å². The first-order chi connectivity index (χ1) is 10.7. The van der Waals surface area contributed by atoms with Gasteiger partial charge in [0, 0.05) is 17.6 Å². The second-order valence-electron chi connectivity index (χ2n) is 5.32. The van der Waals surface area contributed by atoms with Crippen molar-refractivity contribution in [3.8, 4) is 0 Å². The van der Waals surface area contributed by atoms with Crippen molar-refractivity contribution in [2.24, 2.45) is 0 Å². The SMILES string of the molecule is C=CC(=O)OC(CC)CSSSCCCCCCCCCC. The predicted octanol–water partition coefficient (Wildman–Crippen LogP) is 6.66. The summed E-state index contributed by atoms with van der Waals surface area (Å²) in [5.41, 5.74) is 0. The average molecular weight is 365 g/mol. The Morgan fingerprint density at radius 2 is 1.68 bits per heavy atom. The molecule has 0 N–H and O–H groups in total. The van der Waals surface area contributed by atoms with Gasteiger partial charge in [0.2, 0.25) is 0 Å². The minimum Gasteiger partial charge on any atom is -0.458 e. The summed E-state index contributed by atoms with van der Waals surface area (Å²) in [5, 5.41) is 0. The van der Waals surface area contributed by atoms with Crippen LogP contribution in [0.5, 0.6) is 0 Å². The molecule has 1 atom stereocenters. The average Bonchev–Trinajstić information content (AvgIpc) is 2.54. The van der Waals surface area contributed by atoms with Crippen molar-refractivity contribution in [1.82, 2.24) is 0 Å². The number of ether oxygens (including phenoxy) is 1. The van der Waals surface area contributed by atoms with Gasteiger partial charge >= 0.3 is 5.97 Å². The molecular weight excluding hydrogens is 332 g/mol. The number of carbonyl (C=O) groups excluding carboxylic acids is 1. The van der Waals surface area contributed by atoms with Crippen molar-refractivity contribution >= 4 is 37.4 Å². The summed E-state index contributed by atoms with van der Waals surface area (Å²) >= 11 is 0. The Morgan fingerprint density at radius 3 is 2.27 bits per heavy atom. The second-order valence-corrected chi connectivity index (χ2v) is 9.72. The van der Waals surface area contributed by atoms with Crippen LogP contribution in [0.4, 0.5) is 0 Å². The molecule has 0 aromatic carbocycles. The van der Waals surface area contributed by atoms with E-state index in [0.717, 1.165) is 12.2 Å². The second kappa shape index (κ2) is 17.6. The molecule has 2 nitrogen and oxygen atoms in total. The first-order valence-corrected chi connectivity index (χ1v) is 12.3. The van der Waals surface area contributed by atoms with Crippen molar-refractivity contribution in [1.29, 1.82) is 0 Å². The number of hydrogen-bond donors (Lipinski definition) is 0. The summed E-state index contributed by atoms with van der Waals surface area (Å²) < 4.78 is 5.25. The van der Waals surface area contributed by atoms with E-state index in [1.165, 1.54) is 63.2 Å². The van der Waals surface area contributed by atoms with Crippen molar-refractivity contribution in [2.75, 3.05) is 11.5 Å². The Hall–Kier alpha value is 0.260. The molecule has 0 rings (SSSR count). The molecule has 130 valence electrons. The molecular formula is C17H32O2S3. The highest BCUT2D eigenvalue weighted by Gasteiger charge is 2.10. The summed E-state index contributed by atoms with van der Waals surface area (Å²) in [6.45, 7) is 7.73. The maximum absolute atomic E-state index is 11.1. The number of unbranched alkanes of at least 4 members (excludes halogenated alkanes) is 7. The van der Waals surface area contributed by atoms with Crippen molar-refractivity contribution < 1.29 is 9.53 Å². The minimum absolute atomic E-state index is 0.00622. The number of carbonyl (C=O) groups is 1. The molecule has 0 aliphatic heterocycles. The molecule has 0 aromatic rings. The zero-order chi connectivity index (χ0) is 16.5. The molecule has 0 aliphatic carbocycles. The highest BCUT2D eigenvalue weighted by atomic mass is 33.5. The van der Waals surface area contributed by atoms with E-state index in [9.17, 15) is 4.79 Å². The highest BCUT2D eigenvalue weighted by molar-refractivity contribution is 9.09. The molecule has 0 aromatic heterocycles.